The predicted octanol–water partition coefficient (Wildman–Crippen LogP) is 3.60. The molecule has 3 nitrogen and oxygen atoms in total. The van der Waals surface area contributed by atoms with Crippen LogP contribution in [0.3, 0.4) is 0 Å². The summed E-state index contributed by atoms with van der Waals surface area (Å²) in [4.78, 5) is 4.13. The van der Waals surface area contributed by atoms with Crippen LogP contribution in [0.1, 0.15) is 25.2 Å². The Hall–Kier alpha value is -1.10. The van der Waals surface area contributed by atoms with Crippen molar-refractivity contribution in [1.82, 2.24) is 9.55 Å². The second kappa shape index (κ2) is 5.12. The zero-order chi connectivity index (χ0) is 14.2. The van der Waals surface area contributed by atoms with E-state index in [1.165, 1.54) is 13.0 Å². The molecule has 1 aromatic heterocycles. The van der Waals surface area contributed by atoms with Gasteiger partial charge in [-0.1, -0.05) is 23.2 Å². The minimum absolute atomic E-state index is 0.0802. The van der Waals surface area contributed by atoms with Crippen LogP contribution in [0.25, 0.3) is 0 Å². The SMILES string of the molecule is CCn1ccnc1C(C)(O)c1cc(F)c(Cl)cc1Cl. The van der Waals surface area contributed by atoms with E-state index >= 15 is 0 Å². The van der Waals surface area contributed by atoms with E-state index in [2.05, 4.69) is 4.98 Å². The number of aliphatic hydroxyl groups is 1. The number of hydrogen-bond acceptors (Lipinski definition) is 2. The number of benzene rings is 1. The molecular formula is C13H13Cl2FN2O. The van der Waals surface area contributed by atoms with Crippen molar-refractivity contribution >= 4 is 23.2 Å². The Labute approximate surface area is 120 Å². The molecule has 1 heterocycles. The molecule has 2 aromatic rings. The van der Waals surface area contributed by atoms with Crippen LogP contribution in [-0.2, 0) is 12.1 Å². The summed E-state index contributed by atoms with van der Waals surface area (Å²) in [6, 6.07) is 2.42. The molecule has 0 saturated heterocycles. The molecule has 1 N–H and O–H groups in total. The predicted molar refractivity (Wildman–Crippen MR) is 73.0 cm³/mol. The highest BCUT2D eigenvalue weighted by atomic mass is 35.5. The van der Waals surface area contributed by atoms with Crippen molar-refractivity contribution in [3.05, 3.63) is 51.8 Å². The quantitative estimate of drug-likeness (QED) is 0.880. The van der Waals surface area contributed by atoms with Gasteiger partial charge in [0.25, 0.3) is 0 Å². The number of nitrogens with zero attached hydrogens (tertiary/aromatic N) is 2. The summed E-state index contributed by atoms with van der Waals surface area (Å²) >= 11 is 11.7. The van der Waals surface area contributed by atoms with Crippen molar-refractivity contribution < 1.29 is 9.50 Å². The highest BCUT2D eigenvalue weighted by molar-refractivity contribution is 6.35. The van der Waals surface area contributed by atoms with Gasteiger partial charge in [-0.25, -0.2) is 9.37 Å². The Morgan fingerprint density at radius 1 is 1.37 bits per heavy atom. The van der Waals surface area contributed by atoms with Crippen LogP contribution in [0.5, 0.6) is 0 Å². The van der Waals surface area contributed by atoms with Crippen LogP contribution in [0.4, 0.5) is 4.39 Å². The molecule has 0 aliphatic carbocycles. The highest BCUT2D eigenvalue weighted by Gasteiger charge is 2.33. The molecule has 0 radical (unpaired) electrons. The van der Waals surface area contributed by atoms with Crippen LogP contribution in [-0.4, -0.2) is 14.7 Å². The molecule has 1 aromatic carbocycles. The number of hydrogen-bond donors (Lipinski definition) is 1. The maximum Gasteiger partial charge on any atom is 0.146 e. The van der Waals surface area contributed by atoms with Crippen molar-refractivity contribution in [2.24, 2.45) is 0 Å². The number of imidazole rings is 1. The third-order valence-corrected chi connectivity index (χ3v) is 3.63. The van der Waals surface area contributed by atoms with Crippen LogP contribution < -0.4 is 0 Å². The summed E-state index contributed by atoms with van der Waals surface area (Å²) < 4.78 is 15.4. The second-order valence-corrected chi connectivity index (χ2v) is 5.17. The maximum absolute atomic E-state index is 13.6. The van der Waals surface area contributed by atoms with Gasteiger partial charge in [0.1, 0.15) is 17.2 Å². The largest absolute Gasteiger partial charge is 0.377 e. The lowest BCUT2D eigenvalue weighted by atomic mass is 9.94. The van der Waals surface area contributed by atoms with Crippen LogP contribution in [0.15, 0.2) is 24.5 Å². The second-order valence-electron chi connectivity index (χ2n) is 4.36. The van der Waals surface area contributed by atoms with Gasteiger partial charge < -0.3 is 9.67 Å². The van der Waals surface area contributed by atoms with E-state index in [1.807, 2.05) is 6.92 Å². The van der Waals surface area contributed by atoms with Gasteiger partial charge in [0.15, 0.2) is 0 Å². The van der Waals surface area contributed by atoms with Gasteiger partial charge in [-0.2, -0.15) is 0 Å². The highest BCUT2D eigenvalue weighted by Crippen LogP contribution is 2.35. The molecule has 0 spiro atoms. The van der Waals surface area contributed by atoms with Gasteiger partial charge in [-0.15, -0.1) is 0 Å². The van der Waals surface area contributed by atoms with Crippen molar-refractivity contribution in [3.63, 3.8) is 0 Å². The summed E-state index contributed by atoms with van der Waals surface area (Å²) in [5, 5.41) is 10.8. The van der Waals surface area contributed by atoms with Crippen molar-refractivity contribution in [2.45, 2.75) is 26.0 Å². The lowest BCUT2D eigenvalue weighted by Crippen LogP contribution is -2.28. The fraction of sp³-hybridized carbons (Fsp3) is 0.308. The topological polar surface area (TPSA) is 38.0 Å². The van der Waals surface area contributed by atoms with Gasteiger partial charge in [-0.3, -0.25) is 0 Å². The number of aromatic nitrogens is 2. The molecule has 0 aliphatic heterocycles. The molecule has 19 heavy (non-hydrogen) atoms. The Kier molecular flexibility index (Phi) is 3.85. The van der Waals surface area contributed by atoms with Gasteiger partial charge in [-0.05, 0) is 26.0 Å². The Balaban J connectivity index is 2.59. The van der Waals surface area contributed by atoms with Gasteiger partial charge >= 0.3 is 0 Å². The zero-order valence-corrected chi connectivity index (χ0v) is 12.0. The molecule has 2 rings (SSSR count). The molecule has 102 valence electrons. The van der Waals surface area contributed by atoms with Crippen molar-refractivity contribution in [2.75, 3.05) is 0 Å². The lowest BCUT2D eigenvalue weighted by molar-refractivity contribution is 0.0879. The lowest BCUT2D eigenvalue weighted by Gasteiger charge is -2.25. The van der Waals surface area contributed by atoms with E-state index in [1.54, 1.807) is 17.0 Å². The molecule has 0 aliphatic rings. The minimum atomic E-state index is -1.50. The standard InChI is InChI=1S/C13H13Cl2FN2O/c1-3-18-5-4-17-12(18)13(2,19)8-6-11(16)10(15)7-9(8)14/h4-7,19H,3H2,1-2H3. The molecule has 0 fully saturated rings. The monoisotopic (exact) mass is 302 g/mol. The molecule has 1 atom stereocenters. The molecule has 0 saturated carbocycles. The van der Waals surface area contributed by atoms with E-state index in [0.29, 0.717) is 12.4 Å². The summed E-state index contributed by atoms with van der Waals surface area (Å²) in [5.74, 6) is -0.227. The average Bonchev–Trinajstić information content (AvgIpc) is 2.82. The normalized spacial score (nSPS) is 14.4. The molecule has 0 bridgehead atoms. The van der Waals surface area contributed by atoms with Gasteiger partial charge in [0, 0.05) is 29.5 Å². The van der Waals surface area contributed by atoms with Crippen LogP contribution in [0.2, 0.25) is 10.0 Å². The first-order valence-electron chi connectivity index (χ1n) is 5.77. The smallest absolute Gasteiger partial charge is 0.146 e. The van der Waals surface area contributed by atoms with E-state index in [0.717, 1.165) is 6.07 Å². The zero-order valence-electron chi connectivity index (χ0n) is 10.5. The Bertz CT molecular complexity index is 611. The first-order valence-corrected chi connectivity index (χ1v) is 6.52. The third kappa shape index (κ3) is 2.48. The average molecular weight is 303 g/mol. The summed E-state index contributed by atoms with van der Waals surface area (Å²) in [6.07, 6.45) is 3.32. The van der Waals surface area contributed by atoms with E-state index in [4.69, 9.17) is 23.2 Å². The summed E-state index contributed by atoms with van der Waals surface area (Å²) in [7, 11) is 0. The molecular weight excluding hydrogens is 290 g/mol. The molecule has 0 amide bonds. The minimum Gasteiger partial charge on any atom is -0.377 e. The fourth-order valence-corrected chi connectivity index (χ4v) is 2.57. The number of halogens is 3. The van der Waals surface area contributed by atoms with Crippen LogP contribution in [0, 0.1) is 5.82 Å². The van der Waals surface area contributed by atoms with Crippen molar-refractivity contribution in [3.8, 4) is 0 Å². The Morgan fingerprint density at radius 2 is 2.05 bits per heavy atom. The van der Waals surface area contributed by atoms with Crippen molar-refractivity contribution in [1.29, 1.82) is 0 Å². The summed E-state index contributed by atoms with van der Waals surface area (Å²) in [5.41, 5.74) is -1.26. The summed E-state index contributed by atoms with van der Waals surface area (Å²) in [6.45, 7) is 4.08. The molecule has 1 unspecified atom stereocenters. The number of rotatable bonds is 3. The van der Waals surface area contributed by atoms with Gasteiger partial charge in [0.05, 0.1) is 5.02 Å². The Morgan fingerprint density at radius 3 is 2.68 bits per heavy atom. The molecule has 6 heteroatoms. The fourth-order valence-electron chi connectivity index (χ4n) is 2.01. The number of aryl methyl sites for hydroxylation is 1. The van der Waals surface area contributed by atoms with Gasteiger partial charge in [0.2, 0.25) is 0 Å². The van der Waals surface area contributed by atoms with E-state index in [9.17, 15) is 9.50 Å². The van der Waals surface area contributed by atoms with E-state index < -0.39 is 11.4 Å². The van der Waals surface area contributed by atoms with Crippen LogP contribution >= 0.6 is 23.2 Å². The third-order valence-electron chi connectivity index (χ3n) is 3.03. The maximum atomic E-state index is 13.6. The first kappa shape index (κ1) is 14.3. The first-order chi connectivity index (χ1) is 8.87. The van der Waals surface area contributed by atoms with E-state index in [-0.39, 0.29) is 15.6 Å².